The van der Waals surface area contributed by atoms with Crippen molar-refractivity contribution in [2.75, 3.05) is 5.32 Å². The minimum absolute atomic E-state index is 0.102. The second-order valence-electron chi connectivity index (χ2n) is 5.21. The van der Waals surface area contributed by atoms with Crippen molar-refractivity contribution in [3.8, 4) is 0 Å². The largest absolute Gasteiger partial charge is 0.418 e. The van der Waals surface area contributed by atoms with E-state index in [0.29, 0.717) is 25.0 Å². The van der Waals surface area contributed by atoms with Gasteiger partial charge >= 0.3 is 6.18 Å². The summed E-state index contributed by atoms with van der Waals surface area (Å²) in [5.41, 5.74) is -3.79. The summed E-state index contributed by atoms with van der Waals surface area (Å²) >= 11 is 9.74. The van der Waals surface area contributed by atoms with Gasteiger partial charge in [-0.05, 0) is 66.3 Å². The van der Waals surface area contributed by atoms with Crippen LogP contribution in [0.2, 0.25) is 0 Å². The van der Waals surface area contributed by atoms with E-state index >= 15 is 0 Å². The summed E-state index contributed by atoms with van der Waals surface area (Å²) in [7, 11) is 0. The van der Waals surface area contributed by atoms with E-state index in [4.69, 9.17) is 0 Å². The monoisotopic (exact) mass is 575 g/mol. The lowest BCUT2D eigenvalue weighted by molar-refractivity contribution is -0.394. The van der Waals surface area contributed by atoms with Gasteiger partial charge in [0.05, 0.1) is 31.6 Å². The number of nitro groups is 2. The molecule has 0 saturated carbocycles. The van der Waals surface area contributed by atoms with E-state index in [1.807, 2.05) is 0 Å². The molecule has 0 amide bonds. The summed E-state index contributed by atoms with van der Waals surface area (Å²) in [5.74, 6) is 0. The second kappa shape index (κ2) is 7.72. The zero-order chi connectivity index (χ0) is 20.7. The molecule has 2 rings (SSSR count). The van der Waals surface area contributed by atoms with E-state index in [1.165, 1.54) is 6.07 Å². The fraction of sp³-hybridized carbons (Fsp3) is 0.143. The molecule has 0 aliphatic heterocycles. The number of benzene rings is 2. The Balaban J connectivity index is 2.80. The number of alkyl halides is 3. The lowest BCUT2D eigenvalue weighted by atomic mass is 10.1. The first-order chi connectivity index (χ1) is 12.3. The Hall–Kier alpha value is -1.73. The number of nitrogens with zero attached hydrogens (tertiary/aromatic N) is 2. The molecule has 0 heterocycles. The minimum atomic E-state index is -5.06. The molecule has 144 valence electrons. The molecular weight excluding hydrogens is 571 g/mol. The highest BCUT2D eigenvalue weighted by molar-refractivity contribution is 9.14. The van der Waals surface area contributed by atoms with Gasteiger partial charge in [0.1, 0.15) is 5.69 Å². The van der Waals surface area contributed by atoms with Crippen molar-refractivity contribution in [2.45, 2.75) is 13.1 Å². The molecule has 0 atom stereocenters. The van der Waals surface area contributed by atoms with Crippen LogP contribution in [-0.4, -0.2) is 9.85 Å². The van der Waals surface area contributed by atoms with Crippen LogP contribution in [-0.2, 0) is 6.18 Å². The zero-order valence-electron chi connectivity index (χ0n) is 13.0. The first-order valence-corrected chi connectivity index (χ1v) is 9.17. The maximum Gasteiger partial charge on any atom is 0.418 e. The SMILES string of the molecule is Cc1cc(Nc2c([N+](=O)[O-])cc([N+](=O)[O-])cc2C(F)(F)F)c(Br)c(Br)c1Br. The van der Waals surface area contributed by atoms with E-state index in [2.05, 4.69) is 53.1 Å². The molecule has 0 bridgehead atoms. The Morgan fingerprint density at radius 2 is 1.56 bits per heavy atom. The molecule has 2 aromatic rings. The van der Waals surface area contributed by atoms with Gasteiger partial charge in [-0.2, -0.15) is 13.2 Å². The van der Waals surface area contributed by atoms with Gasteiger partial charge in [0.25, 0.3) is 11.4 Å². The van der Waals surface area contributed by atoms with Gasteiger partial charge in [0.2, 0.25) is 0 Å². The Morgan fingerprint density at radius 1 is 0.963 bits per heavy atom. The summed E-state index contributed by atoms with van der Waals surface area (Å²) in [6, 6.07) is 2.19. The normalized spacial score (nSPS) is 11.4. The van der Waals surface area contributed by atoms with Crippen LogP contribution in [0.15, 0.2) is 31.6 Å². The molecule has 13 heteroatoms. The average Bonchev–Trinajstić information content (AvgIpc) is 2.56. The fourth-order valence-corrected chi connectivity index (χ4v) is 3.69. The maximum absolute atomic E-state index is 13.4. The van der Waals surface area contributed by atoms with Crippen LogP contribution in [0.3, 0.4) is 0 Å². The topological polar surface area (TPSA) is 98.3 Å². The molecule has 1 N–H and O–H groups in total. The molecule has 0 aliphatic rings. The van der Waals surface area contributed by atoms with E-state index in [-0.39, 0.29) is 11.8 Å². The standard InChI is InChI=1S/C14H7Br3F3N3O4/c1-5-2-8(11(16)12(17)10(5)15)21-13-7(14(18,19)20)3-6(22(24)25)4-9(13)23(26)27/h2-4,21H,1H3. The number of hydrogen-bond donors (Lipinski definition) is 1. The number of anilines is 2. The van der Waals surface area contributed by atoms with Gasteiger partial charge in [-0.3, -0.25) is 20.2 Å². The third-order valence-corrected chi connectivity index (χ3v) is 7.11. The molecule has 0 aliphatic carbocycles. The Bertz CT molecular complexity index is 967. The summed E-state index contributed by atoms with van der Waals surface area (Å²) in [6.45, 7) is 1.67. The van der Waals surface area contributed by atoms with Gasteiger partial charge in [0.15, 0.2) is 0 Å². The van der Waals surface area contributed by atoms with Gasteiger partial charge in [-0.15, -0.1) is 0 Å². The van der Waals surface area contributed by atoms with Crippen molar-refractivity contribution in [1.82, 2.24) is 0 Å². The molecule has 2 aromatic carbocycles. The van der Waals surface area contributed by atoms with E-state index in [9.17, 15) is 33.4 Å². The van der Waals surface area contributed by atoms with Crippen molar-refractivity contribution in [2.24, 2.45) is 0 Å². The molecule has 27 heavy (non-hydrogen) atoms. The summed E-state index contributed by atoms with van der Waals surface area (Å²) in [6.07, 6.45) is -5.06. The predicted octanol–water partition coefficient (Wildman–Crippen LogP) is 6.86. The van der Waals surface area contributed by atoms with Crippen LogP contribution in [0.25, 0.3) is 0 Å². The van der Waals surface area contributed by atoms with Gasteiger partial charge < -0.3 is 5.32 Å². The van der Waals surface area contributed by atoms with E-state index < -0.39 is 38.6 Å². The van der Waals surface area contributed by atoms with Crippen molar-refractivity contribution in [1.29, 1.82) is 0 Å². The number of halogens is 6. The first-order valence-electron chi connectivity index (χ1n) is 6.79. The van der Waals surface area contributed by atoms with Crippen molar-refractivity contribution >= 4 is 70.5 Å². The molecule has 0 radical (unpaired) electrons. The van der Waals surface area contributed by atoms with Crippen LogP contribution in [0.1, 0.15) is 11.1 Å². The summed E-state index contributed by atoms with van der Waals surface area (Å²) in [4.78, 5) is 19.9. The van der Waals surface area contributed by atoms with E-state index in [0.717, 1.165) is 0 Å². The lowest BCUT2D eigenvalue weighted by Gasteiger charge is -2.17. The van der Waals surface area contributed by atoms with Gasteiger partial charge in [-0.25, -0.2) is 0 Å². The van der Waals surface area contributed by atoms with Crippen LogP contribution in [0.4, 0.5) is 35.9 Å². The summed E-state index contributed by atoms with van der Waals surface area (Å²) in [5, 5.41) is 24.6. The number of non-ortho nitro benzene ring substituents is 1. The molecule has 0 fully saturated rings. The fourth-order valence-electron chi connectivity index (χ4n) is 2.17. The van der Waals surface area contributed by atoms with Crippen LogP contribution in [0.5, 0.6) is 0 Å². The van der Waals surface area contributed by atoms with Crippen molar-refractivity contribution in [3.05, 3.63) is 63.0 Å². The Morgan fingerprint density at radius 3 is 2.04 bits per heavy atom. The second-order valence-corrected chi connectivity index (χ2v) is 7.59. The number of hydrogen-bond acceptors (Lipinski definition) is 5. The molecule has 0 saturated heterocycles. The van der Waals surface area contributed by atoms with Crippen molar-refractivity contribution < 1.29 is 23.0 Å². The maximum atomic E-state index is 13.4. The third-order valence-electron chi connectivity index (χ3n) is 3.40. The number of aryl methyl sites for hydroxylation is 1. The molecule has 7 nitrogen and oxygen atoms in total. The molecule has 0 spiro atoms. The average molecular weight is 578 g/mol. The summed E-state index contributed by atoms with van der Waals surface area (Å²) < 4.78 is 41.8. The van der Waals surface area contributed by atoms with Gasteiger partial charge in [0, 0.05) is 15.0 Å². The third kappa shape index (κ3) is 4.41. The Kier molecular flexibility index (Phi) is 6.16. The highest BCUT2D eigenvalue weighted by Gasteiger charge is 2.40. The first kappa shape index (κ1) is 21.6. The molecule has 0 aromatic heterocycles. The smallest absolute Gasteiger partial charge is 0.348 e. The number of rotatable bonds is 4. The highest BCUT2D eigenvalue weighted by Crippen LogP contribution is 2.46. The lowest BCUT2D eigenvalue weighted by Crippen LogP contribution is -2.12. The van der Waals surface area contributed by atoms with E-state index in [1.54, 1.807) is 6.92 Å². The van der Waals surface area contributed by atoms with Crippen LogP contribution < -0.4 is 5.32 Å². The Labute approximate surface area is 174 Å². The predicted molar refractivity (Wildman–Crippen MR) is 102 cm³/mol. The quantitative estimate of drug-likeness (QED) is 0.243. The number of nitro benzene ring substituents is 2. The molecular formula is C14H7Br3F3N3O4. The van der Waals surface area contributed by atoms with Crippen LogP contribution in [0, 0.1) is 27.2 Å². The number of nitrogens with one attached hydrogen (secondary N) is 1. The molecule has 0 unspecified atom stereocenters. The minimum Gasteiger partial charge on any atom is -0.348 e. The highest BCUT2D eigenvalue weighted by atomic mass is 79.9. The van der Waals surface area contributed by atoms with Crippen LogP contribution >= 0.6 is 47.8 Å². The van der Waals surface area contributed by atoms with Crippen molar-refractivity contribution in [3.63, 3.8) is 0 Å². The zero-order valence-corrected chi connectivity index (χ0v) is 17.8. The van der Waals surface area contributed by atoms with Gasteiger partial charge in [-0.1, -0.05) is 0 Å².